The average Bonchev–Trinajstić information content (AvgIpc) is 2.22. The van der Waals surface area contributed by atoms with Gasteiger partial charge in [0.25, 0.3) is 0 Å². The van der Waals surface area contributed by atoms with E-state index in [1.165, 1.54) is 4.90 Å². The SMILES string of the molecule is COC1CC(NC2CCC(=O)N(C)C2=O)C1. The molecule has 1 saturated carbocycles. The van der Waals surface area contributed by atoms with Crippen LogP contribution in [0.2, 0.25) is 0 Å². The number of carbonyl (C=O) groups excluding carboxylic acids is 2. The Hall–Kier alpha value is -0.940. The third kappa shape index (κ3) is 2.10. The zero-order valence-corrected chi connectivity index (χ0v) is 9.73. The van der Waals surface area contributed by atoms with E-state index in [0.29, 0.717) is 25.0 Å². The Balaban J connectivity index is 1.82. The summed E-state index contributed by atoms with van der Waals surface area (Å²) in [5.41, 5.74) is 0. The molecule has 0 aromatic heterocycles. The van der Waals surface area contributed by atoms with Gasteiger partial charge in [-0.2, -0.15) is 0 Å². The number of methoxy groups -OCH3 is 1. The van der Waals surface area contributed by atoms with Crippen LogP contribution in [0.25, 0.3) is 0 Å². The quantitative estimate of drug-likeness (QED) is 0.683. The Kier molecular flexibility index (Phi) is 3.25. The molecule has 2 aliphatic rings. The number of ether oxygens (including phenoxy) is 1. The summed E-state index contributed by atoms with van der Waals surface area (Å²) in [7, 11) is 3.26. The second kappa shape index (κ2) is 4.51. The molecule has 0 bridgehead atoms. The van der Waals surface area contributed by atoms with Gasteiger partial charge in [0, 0.05) is 26.6 Å². The third-order valence-corrected chi connectivity index (χ3v) is 3.51. The molecule has 5 nitrogen and oxygen atoms in total. The third-order valence-electron chi connectivity index (χ3n) is 3.51. The van der Waals surface area contributed by atoms with E-state index in [2.05, 4.69) is 5.32 Å². The number of piperidine rings is 1. The number of likely N-dealkylation sites (tertiary alicyclic amines) is 1. The summed E-state index contributed by atoms with van der Waals surface area (Å²) in [5, 5.41) is 3.30. The number of likely N-dealkylation sites (N-methyl/N-ethyl adjacent to an activating group) is 1. The Morgan fingerprint density at radius 1 is 1.38 bits per heavy atom. The standard InChI is InChI=1S/C11H18N2O3/c1-13-10(14)4-3-9(11(13)15)12-7-5-8(6-7)16-2/h7-9,12H,3-6H2,1-2H3. The highest BCUT2D eigenvalue weighted by Crippen LogP contribution is 2.24. The summed E-state index contributed by atoms with van der Waals surface area (Å²) in [6.45, 7) is 0. The lowest BCUT2D eigenvalue weighted by Gasteiger charge is -2.38. The molecule has 2 rings (SSSR count). The molecule has 0 aromatic rings. The van der Waals surface area contributed by atoms with Crippen molar-refractivity contribution in [2.24, 2.45) is 0 Å². The molecule has 0 spiro atoms. The number of carbonyl (C=O) groups is 2. The van der Waals surface area contributed by atoms with Crippen LogP contribution in [0.4, 0.5) is 0 Å². The molecular weight excluding hydrogens is 208 g/mol. The highest BCUT2D eigenvalue weighted by molar-refractivity contribution is 6.00. The fourth-order valence-electron chi connectivity index (χ4n) is 2.25. The smallest absolute Gasteiger partial charge is 0.246 e. The van der Waals surface area contributed by atoms with E-state index in [1.807, 2.05) is 0 Å². The van der Waals surface area contributed by atoms with Crippen molar-refractivity contribution >= 4 is 11.8 Å². The molecule has 0 radical (unpaired) electrons. The summed E-state index contributed by atoms with van der Waals surface area (Å²) < 4.78 is 5.18. The second-order valence-electron chi connectivity index (χ2n) is 4.57. The van der Waals surface area contributed by atoms with Crippen molar-refractivity contribution in [2.75, 3.05) is 14.2 Å². The predicted molar refractivity (Wildman–Crippen MR) is 57.8 cm³/mol. The van der Waals surface area contributed by atoms with Crippen molar-refractivity contribution in [3.05, 3.63) is 0 Å². The number of hydrogen-bond acceptors (Lipinski definition) is 4. The van der Waals surface area contributed by atoms with Gasteiger partial charge in [-0.15, -0.1) is 0 Å². The molecule has 1 atom stereocenters. The molecule has 1 aliphatic carbocycles. The normalized spacial score (nSPS) is 35.1. The van der Waals surface area contributed by atoms with Gasteiger partial charge < -0.3 is 10.1 Å². The first kappa shape index (κ1) is 11.5. The van der Waals surface area contributed by atoms with Crippen LogP contribution in [0.15, 0.2) is 0 Å². The Bertz CT molecular complexity index is 300. The minimum Gasteiger partial charge on any atom is -0.381 e. The average molecular weight is 226 g/mol. The fourth-order valence-corrected chi connectivity index (χ4v) is 2.25. The van der Waals surface area contributed by atoms with Crippen molar-refractivity contribution in [1.29, 1.82) is 0 Å². The number of rotatable bonds is 3. The van der Waals surface area contributed by atoms with Crippen LogP contribution in [-0.4, -0.2) is 49.1 Å². The highest BCUT2D eigenvalue weighted by Gasteiger charge is 2.36. The van der Waals surface area contributed by atoms with Crippen molar-refractivity contribution in [3.63, 3.8) is 0 Å². The van der Waals surface area contributed by atoms with Gasteiger partial charge in [-0.25, -0.2) is 0 Å². The van der Waals surface area contributed by atoms with E-state index in [4.69, 9.17) is 4.74 Å². The van der Waals surface area contributed by atoms with Crippen LogP contribution in [-0.2, 0) is 14.3 Å². The van der Waals surface area contributed by atoms with E-state index in [0.717, 1.165) is 12.8 Å². The molecule has 5 heteroatoms. The highest BCUT2D eigenvalue weighted by atomic mass is 16.5. The largest absolute Gasteiger partial charge is 0.381 e. The van der Waals surface area contributed by atoms with Crippen LogP contribution in [0, 0.1) is 0 Å². The van der Waals surface area contributed by atoms with Crippen molar-refractivity contribution in [2.45, 2.75) is 43.9 Å². The number of amides is 2. The summed E-state index contributed by atoms with van der Waals surface area (Å²) in [6, 6.07) is 0.172. The molecule has 1 heterocycles. The Morgan fingerprint density at radius 2 is 2.06 bits per heavy atom. The molecule has 1 saturated heterocycles. The molecule has 2 fully saturated rings. The first-order valence-corrected chi connectivity index (χ1v) is 5.71. The molecule has 0 aromatic carbocycles. The van der Waals surface area contributed by atoms with E-state index in [1.54, 1.807) is 14.2 Å². The van der Waals surface area contributed by atoms with Gasteiger partial charge in [-0.3, -0.25) is 14.5 Å². The van der Waals surface area contributed by atoms with E-state index >= 15 is 0 Å². The maximum absolute atomic E-state index is 11.8. The first-order chi connectivity index (χ1) is 7.61. The minimum atomic E-state index is -0.189. The summed E-state index contributed by atoms with van der Waals surface area (Å²) >= 11 is 0. The monoisotopic (exact) mass is 226 g/mol. The zero-order chi connectivity index (χ0) is 11.7. The first-order valence-electron chi connectivity index (χ1n) is 5.71. The zero-order valence-electron chi connectivity index (χ0n) is 9.73. The molecule has 1 unspecified atom stereocenters. The molecule has 1 aliphatic heterocycles. The van der Waals surface area contributed by atoms with Crippen LogP contribution >= 0.6 is 0 Å². The number of nitrogens with zero attached hydrogens (tertiary/aromatic N) is 1. The summed E-state index contributed by atoms with van der Waals surface area (Å²) in [4.78, 5) is 24.3. The van der Waals surface area contributed by atoms with E-state index in [9.17, 15) is 9.59 Å². The van der Waals surface area contributed by atoms with Gasteiger partial charge in [-0.1, -0.05) is 0 Å². The van der Waals surface area contributed by atoms with Gasteiger partial charge >= 0.3 is 0 Å². The maximum atomic E-state index is 11.8. The summed E-state index contributed by atoms with van der Waals surface area (Å²) in [6.07, 6.45) is 3.32. The molecule has 90 valence electrons. The van der Waals surface area contributed by atoms with Crippen LogP contribution in [0.5, 0.6) is 0 Å². The molecule has 1 N–H and O–H groups in total. The van der Waals surface area contributed by atoms with Crippen LogP contribution in [0.1, 0.15) is 25.7 Å². The molecular formula is C11H18N2O3. The topological polar surface area (TPSA) is 58.6 Å². The Morgan fingerprint density at radius 3 is 2.69 bits per heavy atom. The van der Waals surface area contributed by atoms with Crippen molar-refractivity contribution in [1.82, 2.24) is 10.2 Å². The van der Waals surface area contributed by atoms with Crippen LogP contribution < -0.4 is 5.32 Å². The van der Waals surface area contributed by atoms with Gasteiger partial charge in [-0.05, 0) is 19.3 Å². The van der Waals surface area contributed by atoms with E-state index < -0.39 is 0 Å². The number of hydrogen-bond donors (Lipinski definition) is 1. The van der Waals surface area contributed by atoms with Crippen molar-refractivity contribution in [3.8, 4) is 0 Å². The minimum absolute atomic E-state index is 0.0774. The maximum Gasteiger partial charge on any atom is 0.246 e. The molecule has 2 amide bonds. The molecule has 16 heavy (non-hydrogen) atoms. The second-order valence-corrected chi connectivity index (χ2v) is 4.57. The summed E-state index contributed by atoms with van der Waals surface area (Å²) in [5.74, 6) is -0.177. The number of imide groups is 1. The lowest BCUT2D eigenvalue weighted by molar-refractivity contribution is -0.148. The Labute approximate surface area is 95.1 Å². The van der Waals surface area contributed by atoms with E-state index in [-0.39, 0.29) is 17.9 Å². The lowest BCUT2D eigenvalue weighted by Crippen LogP contribution is -2.57. The van der Waals surface area contributed by atoms with Gasteiger partial charge in [0.15, 0.2) is 0 Å². The fraction of sp³-hybridized carbons (Fsp3) is 0.818. The van der Waals surface area contributed by atoms with Gasteiger partial charge in [0.2, 0.25) is 11.8 Å². The van der Waals surface area contributed by atoms with Gasteiger partial charge in [0.05, 0.1) is 12.1 Å². The number of nitrogens with one attached hydrogen (secondary N) is 1. The van der Waals surface area contributed by atoms with Crippen LogP contribution in [0.3, 0.4) is 0 Å². The van der Waals surface area contributed by atoms with Crippen molar-refractivity contribution < 1.29 is 14.3 Å². The lowest BCUT2D eigenvalue weighted by atomic mass is 9.88. The van der Waals surface area contributed by atoms with Gasteiger partial charge in [0.1, 0.15) is 0 Å². The predicted octanol–water partition coefficient (Wildman–Crippen LogP) is -0.0992.